The van der Waals surface area contributed by atoms with Gasteiger partial charge in [0, 0.05) is 8.96 Å². The zero-order valence-electron chi connectivity index (χ0n) is 7.57. The lowest BCUT2D eigenvalue weighted by Crippen LogP contribution is -2.50. The van der Waals surface area contributed by atoms with Gasteiger partial charge in [0.05, 0.1) is 0 Å². The van der Waals surface area contributed by atoms with Crippen LogP contribution in [0.3, 0.4) is 0 Å². The van der Waals surface area contributed by atoms with Crippen molar-refractivity contribution in [1.29, 1.82) is 0 Å². The molecule has 2 aliphatic rings. The third-order valence-corrected chi connectivity index (χ3v) is 8.81. The summed E-state index contributed by atoms with van der Waals surface area (Å²) in [5.74, 6) is 0. The van der Waals surface area contributed by atoms with Crippen LogP contribution in [0.2, 0.25) is 0 Å². The molecule has 2 rings (SSSR count). The fraction of sp³-hybridized carbons (Fsp3) is 0.556. The van der Waals surface area contributed by atoms with Gasteiger partial charge in [0.25, 0.3) is 0 Å². The van der Waals surface area contributed by atoms with Gasteiger partial charge in [-0.15, -0.1) is 0 Å². The van der Waals surface area contributed by atoms with Crippen molar-refractivity contribution < 1.29 is 4.74 Å². The van der Waals surface area contributed by atoms with Gasteiger partial charge < -0.3 is 4.74 Å². The molecule has 1 nitrogen and oxygen atoms in total. The molecule has 2 bridgehead atoms. The first-order valence-corrected chi connectivity index (χ1v) is 7.25. The van der Waals surface area contributed by atoms with Crippen LogP contribution < -0.4 is 0 Å². The normalized spacial score (nSPS) is 44.7. The molecule has 0 aliphatic carbocycles. The molecule has 0 saturated heterocycles. The van der Waals surface area contributed by atoms with Crippen molar-refractivity contribution in [2.75, 3.05) is 0 Å². The molecule has 0 N–H and O–H groups in total. The highest BCUT2D eigenvalue weighted by atomic mass is 79.9. The van der Waals surface area contributed by atoms with Gasteiger partial charge >= 0.3 is 0 Å². The van der Waals surface area contributed by atoms with Gasteiger partial charge in [0.15, 0.2) is 0 Å². The van der Waals surface area contributed by atoms with Gasteiger partial charge in [-0.3, -0.25) is 0 Å². The fourth-order valence-corrected chi connectivity index (χ4v) is 4.34. The first-order valence-electron chi connectivity index (χ1n) is 4.07. The lowest BCUT2D eigenvalue weighted by molar-refractivity contribution is -0.0524. The molecule has 0 aromatic rings. The van der Waals surface area contributed by atoms with Crippen LogP contribution in [0.1, 0.15) is 13.8 Å². The van der Waals surface area contributed by atoms with Gasteiger partial charge in [-0.2, -0.15) is 0 Å². The second-order valence-electron chi connectivity index (χ2n) is 3.85. The summed E-state index contributed by atoms with van der Waals surface area (Å²) in [5.41, 5.74) is -0.726. The Morgan fingerprint density at radius 2 is 1.64 bits per heavy atom. The quantitative estimate of drug-likeness (QED) is 0.387. The minimum atomic E-state index is -0.404. The molecule has 0 amide bonds. The predicted octanol–water partition coefficient (Wildman–Crippen LogP) is 4.59. The third-order valence-electron chi connectivity index (χ3n) is 2.67. The van der Waals surface area contributed by atoms with Crippen molar-refractivity contribution in [3.63, 3.8) is 0 Å². The zero-order chi connectivity index (χ0) is 10.8. The molecule has 2 atom stereocenters. The summed E-state index contributed by atoms with van der Waals surface area (Å²) in [5, 5.41) is 0. The summed E-state index contributed by atoms with van der Waals surface area (Å²) in [4.78, 5) is 0. The number of halogens is 4. The monoisotopic (exact) mass is 448 g/mol. The molecule has 0 saturated carbocycles. The van der Waals surface area contributed by atoms with E-state index in [-0.39, 0.29) is 11.2 Å². The Morgan fingerprint density at radius 1 is 1.07 bits per heavy atom. The second-order valence-corrected chi connectivity index (χ2v) is 8.88. The lowest BCUT2D eigenvalue weighted by atomic mass is 10.0. The van der Waals surface area contributed by atoms with E-state index in [1.807, 2.05) is 13.8 Å². The minimum absolute atomic E-state index is 0.349. The van der Waals surface area contributed by atoms with Crippen LogP contribution in [0.25, 0.3) is 0 Å². The van der Waals surface area contributed by atoms with Crippen LogP contribution in [0.4, 0.5) is 0 Å². The van der Waals surface area contributed by atoms with Gasteiger partial charge in [-0.25, -0.2) is 0 Å². The Kier molecular flexibility index (Phi) is 2.69. The number of rotatable bonds is 0. The first-order chi connectivity index (χ1) is 6.23. The van der Waals surface area contributed by atoms with Crippen molar-refractivity contribution in [3.8, 4) is 0 Å². The largest absolute Gasteiger partial charge is 0.353 e. The van der Waals surface area contributed by atoms with Crippen LogP contribution in [0, 0.1) is 0 Å². The molecule has 14 heavy (non-hydrogen) atoms. The Hall–Kier alpha value is 1.36. The summed E-state index contributed by atoms with van der Waals surface area (Å²) in [6.45, 7) is 4.08. The summed E-state index contributed by atoms with van der Waals surface area (Å²) >= 11 is 14.4. The summed E-state index contributed by atoms with van der Waals surface area (Å²) in [6, 6.07) is 0. The molecule has 2 heterocycles. The second kappa shape index (κ2) is 3.19. The van der Waals surface area contributed by atoms with Crippen LogP contribution in [-0.2, 0) is 4.74 Å². The fourth-order valence-electron chi connectivity index (χ4n) is 1.69. The van der Waals surface area contributed by atoms with Crippen molar-refractivity contribution >= 4 is 63.7 Å². The van der Waals surface area contributed by atoms with E-state index in [4.69, 9.17) is 4.74 Å². The molecule has 78 valence electrons. The Bertz CT molecular complexity index is 360. The highest BCUT2D eigenvalue weighted by molar-refractivity contribution is 9.26. The molecular formula is C9H8Br4O. The van der Waals surface area contributed by atoms with E-state index in [1.165, 1.54) is 0 Å². The minimum Gasteiger partial charge on any atom is -0.353 e. The van der Waals surface area contributed by atoms with Crippen LogP contribution in [0.15, 0.2) is 21.1 Å². The molecular weight excluding hydrogens is 444 g/mol. The average Bonchev–Trinajstić information content (AvgIpc) is 2.40. The third kappa shape index (κ3) is 1.32. The predicted molar refractivity (Wildman–Crippen MR) is 72.5 cm³/mol. The van der Waals surface area contributed by atoms with E-state index in [0.29, 0.717) is 0 Å². The first kappa shape index (κ1) is 11.8. The van der Waals surface area contributed by atoms with Crippen molar-refractivity contribution in [2.45, 2.75) is 28.3 Å². The Balaban J connectivity index is 2.67. The molecule has 5 heteroatoms. The van der Waals surface area contributed by atoms with E-state index in [9.17, 15) is 0 Å². The number of hydrogen-bond donors (Lipinski definition) is 0. The van der Waals surface area contributed by atoms with Gasteiger partial charge in [-0.1, -0.05) is 69.8 Å². The van der Waals surface area contributed by atoms with E-state index < -0.39 is 3.23 Å². The molecule has 2 aliphatic heterocycles. The number of ether oxygens (including phenoxy) is 1. The smallest absolute Gasteiger partial charge is 0.145 e. The van der Waals surface area contributed by atoms with Crippen molar-refractivity contribution in [2.24, 2.45) is 0 Å². The number of hydrogen-bond acceptors (Lipinski definition) is 1. The number of alkyl halides is 2. The topological polar surface area (TPSA) is 9.23 Å². The Morgan fingerprint density at radius 3 is 2.21 bits per heavy atom. The average molecular weight is 452 g/mol. The molecule has 0 aromatic heterocycles. The maximum Gasteiger partial charge on any atom is 0.145 e. The van der Waals surface area contributed by atoms with E-state index in [1.54, 1.807) is 0 Å². The van der Waals surface area contributed by atoms with Gasteiger partial charge in [-0.05, 0) is 19.9 Å². The Labute approximate surface area is 117 Å². The van der Waals surface area contributed by atoms with Crippen LogP contribution >= 0.6 is 63.7 Å². The van der Waals surface area contributed by atoms with E-state index in [2.05, 4.69) is 75.9 Å². The highest BCUT2D eigenvalue weighted by Crippen LogP contribution is 2.60. The van der Waals surface area contributed by atoms with E-state index >= 15 is 0 Å². The summed E-state index contributed by atoms with van der Waals surface area (Å²) in [6.07, 6.45) is 4.15. The molecule has 0 fully saturated rings. The van der Waals surface area contributed by atoms with Crippen molar-refractivity contribution in [1.82, 2.24) is 0 Å². The van der Waals surface area contributed by atoms with E-state index in [0.717, 1.165) is 8.96 Å². The molecule has 0 radical (unpaired) electrons. The number of fused-ring (bicyclic) bond motifs is 2. The van der Waals surface area contributed by atoms with Crippen LogP contribution in [0.5, 0.6) is 0 Å². The summed E-state index contributed by atoms with van der Waals surface area (Å²) < 4.78 is 7.66. The maximum atomic E-state index is 6.03. The lowest BCUT2D eigenvalue weighted by Gasteiger charge is -2.45. The van der Waals surface area contributed by atoms with Gasteiger partial charge in [0.1, 0.15) is 14.4 Å². The maximum absolute atomic E-state index is 6.03. The molecule has 2 unspecified atom stereocenters. The molecule has 0 aromatic carbocycles. The summed E-state index contributed by atoms with van der Waals surface area (Å²) in [7, 11) is 0. The SMILES string of the molecule is CC12C=CC(C)(O1)C(Br)(Br)C(Br)=C2Br. The van der Waals surface area contributed by atoms with Crippen molar-refractivity contribution in [3.05, 3.63) is 21.1 Å². The van der Waals surface area contributed by atoms with Gasteiger partial charge in [0.2, 0.25) is 0 Å². The van der Waals surface area contributed by atoms with Crippen LogP contribution in [-0.4, -0.2) is 14.4 Å². The standard InChI is InChI=1S/C9H8Br4O/c1-7-3-4-8(2,14-7)9(12,13)6(11)5(7)10/h3-4H,1-2H3. The molecule has 0 spiro atoms. The zero-order valence-corrected chi connectivity index (χ0v) is 13.9. The highest BCUT2D eigenvalue weighted by Gasteiger charge is 2.58.